The summed E-state index contributed by atoms with van der Waals surface area (Å²) in [7, 11) is 0. The number of aromatic nitrogens is 5. The van der Waals surface area contributed by atoms with E-state index in [9.17, 15) is 57.9 Å². The van der Waals surface area contributed by atoms with E-state index in [1.807, 2.05) is 0 Å². The first kappa shape index (κ1) is 51.0. The average molecular weight is 1090 g/mol. The van der Waals surface area contributed by atoms with Gasteiger partial charge in [0.25, 0.3) is 0 Å². The van der Waals surface area contributed by atoms with Crippen LogP contribution in [0.1, 0.15) is 27.8 Å². The molecule has 0 saturated heterocycles. The fourth-order valence-electron chi connectivity index (χ4n) is 10.2. The van der Waals surface area contributed by atoms with Crippen molar-refractivity contribution in [1.82, 2.24) is 24.1 Å². The number of nitrogens with zero attached hydrogens (tertiary/aromatic N) is 6. The highest BCUT2D eigenvalue weighted by molar-refractivity contribution is 6.12. The SMILES string of the molecule is N#Cc1ccc(-c2ccc(-n3c4ccc(C(F)(F)F)cc4c4cc(C(F)(F)F)ccc43)c(-c3cccc(-n4c5ccc(C(F)(F)F)cc5c5cc(C(F)(F)F)ccc54)c3-c3nc(-c4ccccc4)nc(-c4ccccc4)n3)c2)cc1. The van der Waals surface area contributed by atoms with Crippen molar-refractivity contribution in [3.8, 4) is 73.9 Å². The first-order valence-electron chi connectivity index (χ1n) is 24.3. The van der Waals surface area contributed by atoms with Gasteiger partial charge in [-0.2, -0.15) is 57.9 Å². The van der Waals surface area contributed by atoms with Crippen molar-refractivity contribution in [2.45, 2.75) is 24.7 Å². The maximum absolute atomic E-state index is 14.6. The minimum atomic E-state index is -4.91. The van der Waals surface area contributed by atoms with Crippen LogP contribution >= 0.6 is 0 Å². The maximum Gasteiger partial charge on any atom is 0.416 e. The van der Waals surface area contributed by atoms with E-state index in [0.29, 0.717) is 27.8 Å². The van der Waals surface area contributed by atoms with E-state index < -0.39 is 47.0 Å². The quantitative estimate of drug-likeness (QED) is 0.149. The van der Waals surface area contributed by atoms with E-state index in [4.69, 9.17) is 15.0 Å². The highest BCUT2D eigenvalue weighted by Gasteiger charge is 2.36. The lowest BCUT2D eigenvalue weighted by molar-refractivity contribution is -0.138. The largest absolute Gasteiger partial charge is 0.416 e. The third kappa shape index (κ3) is 8.99. The Labute approximate surface area is 444 Å². The molecule has 0 amide bonds. The minimum absolute atomic E-state index is 0.0428. The number of rotatable bonds is 7. The van der Waals surface area contributed by atoms with Gasteiger partial charge in [-0.3, -0.25) is 0 Å². The number of benzene rings is 9. The molecule has 80 heavy (non-hydrogen) atoms. The van der Waals surface area contributed by atoms with Gasteiger partial charge < -0.3 is 9.13 Å². The maximum atomic E-state index is 14.6. The third-order valence-electron chi connectivity index (χ3n) is 13.9. The Morgan fingerprint density at radius 3 is 1.11 bits per heavy atom. The Morgan fingerprint density at radius 1 is 0.325 bits per heavy atom. The van der Waals surface area contributed by atoms with Crippen LogP contribution in [0.2, 0.25) is 0 Å². The van der Waals surface area contributed by atoms with E-state index in [1.54, 1.807) is 121 Å². The molecule has 394 valence electrons. The van der Waals surface area contributed by atoms with Crippen LogP contribution in [0, 0.1) is 11.3 Å². The van der Waals surface area contributed by atoms with Gasteiger partial charge in [0, 0.05) is 38.2 Å². The molecule has 0 fully saturated rings. The lowest BCUT2D eigenvalue weighted by atomic mass is 9.92. The van der Waals surface area contributed by atoms with Crippen molar-refractivity contribution in [2.24, 2.45) is 0 Å². The zero-order valence-electron chi connectivity index (χ0n) is 40.7. The Kier molecular flexibility index (Phi) is 11.9. The topological polar surface area (TPSA) is 72.3 Å². The fourth-order valence-corrected chi connectivity index (χ4v) is 10.2. The number of hydrogen-bond acceptors (Lipinski definition) is 4. The van der Waals surface area contributed by atoms with Gasteiger partial charge >= 0.3 is 24.7 Å². The van der Waals surface area contributed by atoms with Gasteiger partial charge in [0.05, 0.1) is 72.9 Å². The highest BCUT2D eigenvalue weighted by atomic mass is 19.4. The summed E-state index contributed by atoms with van der Waals surface area (Å²) in [5.74, 6) is 0.243. The summed E-state index contributed by atoms with van der Waals surface area (Å²) in [5.41, 5.74) is -0.886. The van der Waals surface area contributed by atoms with Gasteiger partial charge in [0.2, 0.25) is 0 Å². The molecule has 0 spiro atoms. The second-order valence-corrected chi connectivity index (χ2v) is 18.7. The van der Waals surface area contributed by atoms with Crippen molar-refractivity contribution in [1.29, 1.82) is 5.26 Å². The molecule has 0 bridgehead atoms. The van der Waals surface area contributed by atoms with Crippen molar-refractivity contribution in [2.75, 3.05) is 0 Å². The summed E-state index contributed by atoms with van der Waals surface area (Å²) < 4.78 is 177. The van der Waals surface area contributed by atoms with Gasteiger partial charge in [-0.1, -0.05) is 91.0 Å². The van der Waals surface area contributed by atoms with E-state index in [-0.39, 0.29) is 89.2 Å². The van der Waals surface area contributed by atoms with E-state index >= 15 is 0 Å². The van der Waals surface area contributed by atoms with Gasteiger partial charge in [-0.15, -0.1) is 0 Å². The molecule has 0 atom stereocenters. The Bertz CT molecular complexity index is 4270. The monoisotopic (exact) mass is 1090 g/mol. The van der Waals surface area contributed by atoms with Crippen molar-refractivity contribution < 1.29 is 52.7 Å². The summed E-state index contributed by atoms with van der Waals surface area (Å²) in [4.78, 5) is 15.0. The number of halogens is 12. The van der Waals surface area contributed by atoms with Gasteiger partial charge in [0.1, 0.15) is 0 Å². The van der Waals surface area contributed by atoms with Crippen LogP contribution in [0.3, 0.4) is 0 Å². The Balaban J connectivity index is 1.26. The van der Waals surface area contributed by atoms with Crippen molar-refractivity contribution in [3.63, 3.8) is 0 Å². The van der Waals surface area contributed by atoms with E-state index in [0.717, 1.165) is 72.8 Å². The lowest BCUT2D eigenvalue weighted by Crippen LogP contribution is -2.07. The predicted octanol–water partition coefficient (Wildman–Crippen LogP) is 18.3. The molecule has 0 N–H and O–H groups in total. The number of alkyl halides is 12. The molecule has 9 aromatic carbocycles. The second-order valence-electron chi connectivity index (χ2n) is 18.7. The van der Waals surface area contributed by atoms with Gasteiger partial charge in [-0.25, -0.2) is 15.0 Å². The molecule has 0 radical (unpaired) electrons. The first-order valence-corrected chi connectivity index (χ1v) is 24.3. The molecule has 0 aliphatic carbocycles. The van der Waals surface area contributed by atoms with Crippen LogP contribution < -0.4 is 0 Å². The van der Waals surface area contributed by atoms with Gasteiger partial charge in [0.15, 0.2) is 17.5 Å². The van der Waals surface area contributed by atoms with Crippen LogP contribution in [0.4, 0.5) is 52.7 Å². The van der Waals surface area contributed by atoms with Crippen molar-refractivity contribution in [3.05, 3.63) is 222 Å². The van der Waals surface area contributed by atoms with Crippen LogP contribution in [0.5, 0.6) is 0 Å². The molecule has 0 aliphatic rings. The normalized spacial score (nSPS) is 12.5. The van der Waals surface area contributed by atoms with Crippen LogP contribution in [0.15, 0.2) is 194 Å². The van der Waals surface area contributed by atoms with E-state index in [1.165, 1.54) is 9.13 Å². The smallest absolute Gasteiger partial charge is 0.309 e. The number of nitriles is 1. The molecule has 12 aromatic rings. The molecule has 3 aromatic heterocycles. The molecular formula is C62H32F12N6. The van der Waals surface area contributed by atoms with Crippen LogP contribution in [0.25, 0.3) is 111 Å². The summed E-state index contributed by atoms with van der Waals surface area (Å²) in [6.07, 6.45) is -19.6. The minimum Gasteiger partial charge on any atom is -0.309 e. The summed E-state index contributed by atoms with van der Waals surface area (Å²) >= 11 is 0. The Morgan fingerprint density at radius 2 is 0.713 bits per heavy atom. The molecular weight excluding hydrogens is 1060 g/mol. The van der Waals surface area contributed by atoms with Crippen LogP contribution in [-0.2, 0) is 24.7 Å². The number of hydrogen-bond donors (Lipinski definition) is 0. The summed E-state index contributed by atoms with van der Waals surface area (Å²) in [6.45, 7) is 0. The highest BCUT2D eigenvalue weighted by Crippen LogP contribution is 2.48. The second kappa shape index (κ2) is 18.7. The third-order valence-corrected chi connectivity index (χ3v) is 13.9. The summed E-state index contributed by atoms with van der Waals surface area (Å²) in [6, 6.07) is 47.0. The van der Waals surface area contributed by atoms with Crippen molar-refractivity contribution >= 4 is 43.6 Å². The zero-order chi connectivity index (χ0) is 56.0. The predicted molar refractivity (Wildman–Crippen MR) is 280 cm³/mol. The average Bonchev–Trinajstić information content (AvgIpc) is 3.30. The van der Waals surface area contributed by atoms with Crippen LogP contribution in [-0.4, -0.2) is 24.1 Å². The summed E-state index contributed by atoms with van der Waals surface area (Å²) in [5, 5.41) is 8.98. The van der Waals surface area contributed by atoms with Gasteiger partial charge in [-0.05, 0) is 120 Å². The molecule has 0 unspecified atom stereocenters. The fraction of sp³-hybridized carbons (Fsp3) is 0.0645. The molecule has 6 nitrogen and oxygen atoms in total. The first-order chi connectivity index (χ1) is 38.1. The molecule has 0 saturated carbocycles. The molecule has 18 heteroatoms. The number of fused-ring (bicyclic) bond motifs is 6. The Hall–Kier alpha value is -9.76. The molecule has 0 aliphatic heterocycles. The standard InChI is InChI=1S/C62H32F12N6/c63-59(64,65)39-19-24-50-45(29-39)46-30-40(60(66,67)68)20-25-51(46)79(50)49-23-18-38(35-16-14-34(33-75)15-17-35)28-44(49)43-12-7-13-54(55(43)58-77-56(36-8-3-1-4-9-36)76-57(78-58)37-10-5-2-6-11-37)80-52-26-21-41(61(69,70)71)31-47(52)48-32-42(62(72,73)74)22-27-53(48)80/h1-32H. The molecule has 3 heterocycles. The van der Waals surface area contributed by atoms with E-state index in [2.05, 4.69) is 6.07 Å². The lowest BCUT2D eigenvalue weighted by Gasteiger charge is -2.21. The zero-order valence-corrected chi connectivity index (χ0v) is 40.7. The molecule has 12 rings (SSSR count).